The molecule has 0 aromatic heterocycles. The highest BCUT2D eigenvalue weighted by molar-refractivity contribution is 5.92. The van der Waals surface area contributed by atoms with Gasteiger partial charge in [-0.3, -0.25) is 4.99 Å². The van der Waals surface area contributed by atoms with E-state index in [2.05, 4.69) is 37.9 Å². The summed E-state index contributed by atoms with van der Waals surface area (Å²) in [5.41, 5.74) is 6.51. The van der Waals surface area contributed by atoms with E-state index in [-0.39, 0.29) is 0 Å². The van der Waals surface area contributed by atoms with Gasteiger partial charge in [0.05, 0.1) is 5.69 Å². The molecule has 0 aliphatic carbocycles. The summed E-state index contributed by atoms with van der Waals surface area (Å²) in [5.74, 6) is 0. The molecule has 0 spiro atoms. The molecule has 0 fully saturated rings. The number of rotatable bonds is 0. The third-order valence-corrected chi connectivity index (χ3v) is 2.45. The Labute approximate surface area is 73.1 Å². The van der Waals surface area contributed by atoms with Gasteiger partial charge in [-0.25, -0.2) is 0 Å². The molecule has 0 saturated carbocycles. The third kappa shape index (κ3) is 1.06. The van der Waals surface area contributed by atoms with Gasteiger partial charge in [-0.1, -0.05) is 6.07 Å². The van der Waals surface area contributed by atoms with Crippen LogP contribution < -0.4 is 0 Å². The monoisotopic (exact) mass is 159 g/mol. The normalized spacial score (nSPS) is 14.4. The number of aliphatic imine (C=N–C) groups is 1. The molecule has 1 heteroatoms. The highest BCUT2D eigenvalue weighted by Crippen LogP contribution is 2.29. The second-order valence-corrected chi connectivity index (χ2v) is 3.59. The van der Waals surface area contributed by atoms with Crippen LogP contribution >= 0.6 is 0 Å². The first-order chi connectivity index (χ1) is 5.66. The summed E-state index contributed by atoms with van der Waals surface area (Å²) in [6, 6.07) is 4.44. The van der Waals surface area contributed by atoms with Crippen molar-refractivity contribution >= 4 is 11.4 Å². The number of aryl methyl sites for hydroxylation is 2. The summed E-state index contributed by atoms with van der Waals surface area (Å²) in [6.45, 7) is 6.38. The van der Waals surface area contributed by atoms with Crippen LogP contribution in [0.1, 0.15) is 23.6 Å². The fourth-order valence-electron chi connectivity index (χ4n) is 1.63. The van der Waals surface area contributed by atoms with Crippen molar-refractivity contribution in [2.45, 2.75) is 27.2 Å². The topological polar surface area (TPSA) is 12.4 Å². The minimum Gasteiger partial charge on any atom is -0.257 e. The van der Waals surface area contributed by atoms with Gasteiger partial charge in [0.25, 0.3) is 0 Å². The third-order valence-electron chi connectivity index (χ3n) is 2.45. The molecule has 0 N–H and O–H groups in total. The molecule has 12 heavy (non-hydrogen) atoms. The molecular formula is C11H13N. The van der Waals surface area contributed by atoms with Crippen molar-refractivity contribution in [3.05, 3.63) is 28.8 Å². The van der Waals surface area contributed by atoms with Crippen molar-refractivity contribution in [3.63, 3.8) is 0 Å². The molecule has 0 saturated heterocycles. The lowest BCUT2D eigenvalue weighted by Crippen LogP contribution is -1.89. The number of nitrogens with zero attached hydrogens (tertiary/aromatic N) is 1. The van der Waals surface area contributed by atoms with Crippen molar-refractivity contribution < 1.29 is 0 Å². The van der Waals surface area contributed by atoms with Crippen LogP contribution in [-0.4, -0.2) is 5.71 Å². The first-order valence-electron chi connectivity index (χ1n) is 4.31. The van der Waals surface area contributed by atoms with Crippen molar-refractivity contribution in [2.75, 3.05) is 0 Å². The van der Waals surface area contributed by atoms with Gasteiger partial charge in [0.15, 0.2) is 0 Å². The summed E-state index contributed by atoms with van der Waals surface area (Å²) in [5, 5.41) is 0. The zero-order valence-corrected chi connectivity index (χ0v) is 7.81. The Morgan fingerprint density at radius 3 is 2.50 bits per heavy atom. The highest BCUT2D eigenvalue weighted by Gasteiger charge is 2.11. The van der Waals surface area contributed by atoms with E-state index < -0.39 is 0 Å². The summed E-state index contributed by atoms with van der Waals surface area (Å²) in [6.07, 6.45) is 1.04. The van der Waals surface area contributed by atoms with Crippen LogP contribution in [0.5, 0.6) is 0 Å². The van der Waals surface area contributed by atoms with Crippen LogP contribution in [0.3, 0.4) is 0 Å². The van der Waals surface area contributed by atoms with E-state index in [1.165, 1.54) is 28.1 Å². The lowest BCUT2D eigenvalue weighted by molar-refractivity contribution is 1.28. The van der Waals surface area contributed by atoms with E-state index in [0.717, 1.165) is 6.42 Å². The van der Waals surface area contributed by atoms with Gasteiger partial charge in [0.2, 0.25) is 0 Å². The lowest BCUT2D eigenvalue weighted by Gasteiger charge is -2.02. The van der Waals surface area contributed by atoms with Crippen LogP contribution in [0.2, 0.25) is 0 Å². The zero-order chi connectivity index (χ0) is 8.72. The van der Waals surface area contributed by atoms with E-state index in [1.54, 1.807) is 0 Å². The van der Waals surface area contributed by atoms with Crippen LogP contribution in [0, 0.1) is 13.8 Å². The van der Waals surface area contributed by atoms with Gasteiger partial charge in [0.1, 0.15) is 0 Å². The smallest absolute Gasteiger partial charge is 0.0667 e. The van der Waals surface area contributed by atoms with Gasteiger partial charge >= 0.3 is 0 Å². The van der Waals surface area contributed by atoms with Crippen LogP contribution in [0.15, 0.2) is 17.1 Å². The quantitative estimate of drug-likeness (QED) is 0.552. The Morgan fingerprint density at radius 1 is 1.08 bits per heavy atom. The molecule has 0 amide bonds. The summed E-state index contributed by atoms with van der Waals surface area (Å²) >= 11 is 0. The number of benzene rings is 1. The van der Waals surface area contributed by atoms with Crippen molar-refractivity contribution in [3.8, 4) is 0 Å². The maximum Gasteiger partial charge on any atom is 0.0667 e. The van der Waals surface area contributed by atoms with Gasteiger partial charge in [0, 0.05) is 12.1 Å². The predicted molar refractivity (Wildman–Crippen MR) is 52.4 cm³/mol. The molecule has 1 heterocycles. The summed E-state index contributed by atoms with van der Waals surface area (Å²) < 4.78 is 0. The molecule has 0 bridgehead atoms. The molecule has 1 nitrogen and oxygen atoms in total. The van der Waals surface area contributed by atoms with Crippen LogP contribution in [0.25, 0.3) is 0 Å². The van der Waals surface area contributed by atoms with Crippen LogP contribution in [-0.2, 0) is 6.42 Å². The fraction of sp³-hybridized carbons (Fsp3) is 0.364. The zero-order valence-electron chi connectivity index (χ0n) is 7.81. The Kier molecular flexibility index (Phi) is 1.53. The molecule has 1 aromatic carbocycles. The second kappa shape index (κ2) is 2.44. The van der Waals surface area contributed by atoms with Crippen molar-refractivity contribution in [1.82, 2.24) is 0 Å². The average molecular weight is 159 g/mol. The maximum absolute atomic E-state index is 4.47. The van der Waals surface area contributed by atoms with Crippen LogP contribution in [0.4, 0.5) is 5.69 Å². The Morgan fingerprint density at radius 2 is 1.75 bits per heavy atom. The van der Waals surface area contributed by atoms with E-state index >= 15 is 0 Å². The Bertz CT molecular complexity index is 362. The van der Waals surface area contributed by atoms with Gasteiger partial charge in [-0.15, -0.1) is 0 Å². The average Bonchev–Trinajstić information content (AvgIpc) is 2.30. The first-order valence-corrected chi connectivity index (χ1v) is 4.31. The lowest BCUT2D eigenvalue weighted by atomic mass is 10.0. The molecule has 0 unspecified atom stereocenters. The number of hydrogen-bond donors (Lipinski definition) is 0. The predicted octanol–water partition coefficient (Wildman–Crippen LogP) is 2.95. The standard InChI is InChI=1S/C11H13N/c1-7-4-10-6-9(3)12-11(10)5-8(7)2/h4-5H,6H2,1-3H3. The fourth-order valence-corrected chi connectivity index (χ4v) is 1.63. The molecule has 1 aromatic rings. The molecule has 0 atom stereocenters. The van der Waals surface area contributed by atoms with Gasteiger partial charge < -0.3 is 0 Å². The van der Waals surface area contributed by atoms with Gasteiger partial charge in [-0.2, -0.15) is 0 Å². The van der Waals surface area contributed by atoms with E-state index in [0.29, 0.717) is 0 Å². The summed E-state index contributed by atoms with van der Waals surface area (Å²) in [4.78, 5) is 4.47. The number of hydrogen-bond acceptors (Lipinski definition) is 1. The first kappa shape index (κ1) is 7.53. The second-order valence-electron chi connectivity index (χ2n) is 3.59. The molecular weight excluding hydrogens is 146 g/mol. The minimum atomic E-state index is 1.04. The maximum atomic E-state index is 4.47. The molecule has 62 valence electrons. The van der Waals surface area contributed by atoms with E-state index in [9.17, 15) is 0 Å². The SMILES string of the molecule is CC1=Nc2cc(C)c(C)cc2C1. The van der Waals surface area contributed by atoms with E-state index in [4.69, 9.17) is 0 Å². The molecule has 1 aliphatic heterocycles. The number of fused-ring (bicyclic) bond motifs is 1. The Balaban J connectivity index is 2.57. The molecule has 2 rings (SSSR count). The largest absolute Gasteiger partial charge is 0.257 e. The highest BCUT2D eigenvalue weighted by atomic mass is 14.8. The molecule has 1 aliphatic rings. The molecule has 0 radical (unpaired) electrons. The van der Waals surface area contributed by atoms with E-state index in [1.807, 2.05) is 0 Å². The summed E-state index contributed by atoms with van der Waals surface area (Å²) in [7, 11) is 0. The van der Waals surface area contributed by atoms with Crippen molar-refractivity contribution in [1.29, 1.82) is 0 Å². The Hall–Kier alpha value is -1.11. The van der Waals surface area contributed by atoms with Crippen molar-refractivity contribution in [2.24, 2.45) is 4.99 Å². The minimum absolute atomic E-state index is 1.04. The van der Waals surface area contributed by atoms with Gasteiger partial charge in [-0.05, 0) is 43.5 Å².